The number of carbonyl (C=O) groups is 1. The molecule has 0 unspecified atom stereocenters. The van der Waals surface area contributed by atoms with E-state index in [1.807, 2.05) is 26.0 Å². The molecule has 0 spiro atoms. The van der Waals surface area contributed by atoms with E-state index in [2.05, 4.69) is 25.9 Å². The van der Waals surface area contributed by atoms with Crippen LogP contribution in [0.2, 0.25) is 0 Å². The Balaban J connectivity index is 0.00000387. The van der Waals surface area contributed by atoms with Crippen LogP contribution in [0, 0.1) is 6.92 Å². The lowest BCUT2D eigenvalue weighted by Gasteiger charge is -2.34. The van der Waals surface area contributed by atoms with E-state index < -0.39 is 10.0 Å². The zero-order chi connectivity index (χ0) is 28.1. The maximum absolute atomic E-state index is 13.0. The minimum Gasteiger partial charge on any atom is -0.492 e. The van der Waals surface area contributed by atoms with Crippen LogP contribution in [0.1, 0.15) is 22.8 Å². The van der Waals surface area contributed by atoms with Crippen LogP contribution in [0.25, 0.3) is 10.2 Å². The first kappa shape index (κ1) is 30.6. The molecular formula is C29H34ClN5O4S2. The lowest BCUT2D eigenvalue weighted by Crippen LogP contribution is -2.48. The Hall–Kier alpha value is -3.38. The van der Waals surface area contributed by atoms with Crippen LogP contribution in [0.4, 0.5) is 10.8 Å². The van der Waals surface area contributed by atoms with Gasteiger partial charge in [0.1, 0.15) is 11.3 Å². The summed E-state index contributed by atoms with van der Waals surface area (Å²) in [6, 6.07) is 19.2. The highest BCUT2D eigenvalue weighted by Gasteiger charge is 2.22. The topological polar surface area (TPSA) is 104 Å². The number of hydrogen-bond donors (Lipinski definition) is 2. The predicted molar refractivity (Wildman–Crippen MR) is 167 cm³/mol. The molecule has 1 fully saturated rings. The molecule has 0 bridgehead atoms. The molecule has 2 heterocycles. The average Bonchev–Trinajstić information content (AvgIpc) is 3.39. The second kappa shape index (κ2) is 13.5. The maximum atomic E-state index is 13.0. The van der Waals surface area contributed by atoms with Gasteiger partial charge in [0, 0.05) is 39.3 Å². The molecule has 9 nitrogen and oxygen atoms in total. The summed E-state index contributed by atoms with van der Waals surface area (Å²) in [6.07, 6.45) is 0. The number of nitrogens with one attached hydrogen (secondary N) is 2. The molecule has 12 heteroatoms. The predicted octanol–water partition coefficient (Wildman–Crippen LogP) is 4.78. The first-order valence-corrected chi connectivity index (χ1v) is 15.6. The number of piperazine rings is 1. The van der Waals surface area contributed by atoms with Gasteiger partial charge in [-0.15, -0.1) is 12.4 Å². The number of carbonyl (C=O) groups excluding carboxylic acids is 1. The fraction of sp³-hybridized carbons (Fsp3) is 0.310. The standard InChI is InChI=1S/C29H33N5O4S2.ClH/c1-3-38-25-9-6-10-26-27(25)31-29(39-26)34-19-17-33(18-20-34)16-15-30-28(35)23-7-4-5-8-24(23)32-40(36,37)22-13-11-21(2)12-14-22;/h4-14,32H,3,15-20H2,1-2H3,(H,30,35);1H. The molecule has 1 aliphatic heterocycles. The van der Waals surface area contributed by atoms with Gasteiger partial charge in [0.25, 0.3) is 15.9 Å². The van der Waals surface area contributed by atoms with Crippen LogP contribution < -0.4 is 19.7 Å². The van der Waals surface area contributed by atoms with Crippen molar-refractivity contribution < 1.29 is 17.9 Å². The summed E-state index contributed by atoms with van der Waals surface area (Å²) < 4.78 is 35.2. The van der Waals surface area contributed by atoms with Crippen molar-refractivity contribution >= 4 is 60.7 Å². The first-order chi connectivity index (χ1) is 19.3. The molecule has 1 saturated heterocycles. The van der Waals surface area contributed by atoms with Crippen molar-refractivity contribution in [3.05, 3.63) is 77.9 Å². The van der Waals surface area contributed by atoms with E-state index in [1.165, 1.54) is 0 Å². The van der Waals surface area contributed by atoms with Gasteiger partial charge in [-0.2, -0.15) is 0 Å². The van der Waals surface area contributed by atoms with E-state index in [9.17, 15) is 13.2 Å². The van der Waals surface area contributed by atoms with Gasteiger partial charge in [0.05, 0.1) is 27.5 Å². The molecule has 0 saturated carbocycles. The van der Waals surface area contributed by atoms with Crippen LogP contribution in [0.15, 0.2) is 71.6 Å². The Morgan fingerprint density at radius 2 is 1.73 bits per heavy atom. The third kappa shape index (κ3) is 7.28. The number of sulfonamides is 1. The third-order valence-corrected chi connectivity index (χ3v) is 9.24. The minimum atomic E-state index is -3.82. The number of nitrogens with zero attached hydrogens (tertiary/aromatic N) is 3. The summed E-state index contributed by atoms with van der Waals surface area (Å²) in [7, 11) is -3.82. The van der Waals surface area contributed by atoms with E-state index in [-0.39, 0.29) is 34.5 Å². The van der Waals surface area contributed by atoms with E-state index >= 15 is 0 Å². The summed E-state index contributed by atoms with van der Waals surface area (Å²) >= 11 is 1.68. The van der Waals surface area contributed by atoms with Crippen molar-refractivity contribution in [2.75, 3.05) is 55.5 Å². The van der Waals surface area contributed by atoms with Crippen molar-refractivity contribution in [3.8, 4) is 5.75 Å². The molecule has 3 aromatic carbocycles. The lowest BCUT2D eigenvalue weighted by atomic mass is 10.1. The fourth-order valence-electron chi connectivity index (χ4n) is 4.60. The second-order valence-corrected chi connectivity index (χ2v) is 12.3. The molecule has 41 heavy (non-hydrogen) atoms. The number of amides is 1. The highest BCUT2D eigenvalue weighted by Crippen LogP contribution is 2.34. The number of anilines is 2. The van der Waals surface area contributed by atoms with E-state index in [0.717, 1.165) is 52.8 Å². The Kier molecular flexibility index (Phi) is 10.1. The molecule has 2 N–H and O–H groups in total. The van der Waals surface area contributed by atoms with Gasteiger partial charge < -0.3 is 15.0 Å². The number of hydrogen-bond acceptors (Lipinski definition) is 8. The number of benzene rings is 3. The van der Waals surface area contributed by atoms with Crippen LogP contribution in [-0.4, -0.2) is 70.1 Å². The summed E-state index contributed by atoms with van der Waals surface area (Å²) in [6.45, 7) is 9.04. The van der Waals surface area contributed by atoms with Gasteiger partial charge in [-0.05, 0) is 50.2 Å². The molecule has 4 aromatic rings. The molecule has 0 atom stereocenters. The van der Waals surface area contributed by atoms with Gasteiger partial charge in [0.15, 0.2) is 5.13 Å². The van der Waals surface area contributed by atoms with Gasteiger partial charge in [0.2, 0.25) is 0 Å². The molecule has 1 amide bonds. The number of aryl methyl sites for hydroxylation is 1. The molecule has 0 radical (unpaired) electrons. The summed E-state index contributed by atoms with van der Waals surface area (Å²) in [5.74, 6) is 0.502. The molecule has 0 aliphatic carbocycles. The fourth-order valence-corrected chi connectivity index (χ4v) is 6.71. The molecule has 1 aliphatic rings. The Bertz CT molecular complexity index is 1590. The van der Waals surface area contributed by atoms with Gasteiger partial charge in [-0.3, -0.25) is 14.4 Å². The van der Waals surface area contributed by atoms with E-state index in [1.54, 1.807) is 59.9 Å². The van der Waals surface area contributed by atoms with Crippen LogP contribution in [0.3, 0.4) is 0 Å². The zero-order valence-electron chi connectivity index (χ0n) is 23.0. The number of halogens is 1. The lowest BCUT2D eigenvalue weighted by molar-refractivity contribution is 0.0948. The number of thiazole rings is 1. The summed E-state index contributed by atoms with van der Waals surface area (Å²) in [4.78, 5) is 22.6. The monoisotopic (exact) mass is 615 g/mol. The van der Waals surface area contributed by atoms with Gasteiger partial charge in [-0.25, -0.2) is 13.4 Å². The normalized spacial score (nSPS) is 14.0. The number of rotatable bonds is 10. The SMILES string of the molecule is CCOc1cccc2sc(N3CCN(CCNC(=O)c4ccccc4NS(=O)(=O)c4ccc(C)cc4)CC3)nc12.Cl. The maximum Gasteiger partial charge on any atom is 0.261 e. The zero-order valence-corrected chi connectivity index (χ0v) is 25.4. The van der Waals surface area contributed by atoms with Crippen LogP contribution >= 0.6 is 23.7 Å². The quantitative estimate of drug-likeness (QED) is 0.265. The minimum absolute atomic E-state index is 0. The highest BCUT2D eigenvalue weighted by atomic mass is 35.5. The summed E-state index contributed by atoms with van der Waals surface area (Å²) in [5.41, 5.74) is 2.41. The smallest absolute Gasteiger partial charge is 0.261 e. The molecule has 218 valence electrons. The number of para-hydroxylation sites is 2. The van der Waals surface area contributed by atoms with Crippen molar-refractivity contribution in [3.63, 3.8) is 0 Å². The molecule has 1 aromatic heterocycles. The number of fused-ring (bicyclic) bond motifs is 1. The Morgan fingerprint density at radius 1 is 1.00 bits per heavy atom. The van der Waals surface area contributed by atoms with Crippen molar-refractivity contribution in [2.45, 2.75) is 18.7 Å². The first-order valence-electron chi connectivity index (χ1n) is 13.3. The van der Waals surface area contributed by atoms with Crippen molar-refractivity contribution in [2.24, 2.45) is 0 Å². The van der Waals surface area contributed by atoms with Gasteiger partial charge in [-0.1, -0.05) is 47.2 Å². The number of aromatic nitrogens is 1. The Morgan fingerprint density at radius 3 is 2.46 bits per heavy atom. The van der Waals surface area contributed by atoms with Crippen LogP contribution in [0.5, 0.6) is 5.75 Å². The van der Waals surface area contributed by atoms with Crippen molar-refractivity contribution in [1.29, 1.82) is 0 Å². The third-order valence-electron chi connectivity index (χ3n) is 6.77. The van der Waals surface area contributed by atoms with Gasteiger partial charge >= 0.3 is 0 Å². The second-order valence-electron chi connectivity index (χ2n) is 9.58. The highest BCUT2D eigenvalue weighted by molar-refractivity contribution is 7.92. The number of ether oxygens (including phenoxy) is 1. The van der Waals surface area contributed by atoms with E-state index in [0.29, 0.717) is 19.7 Å². The van der Waals surface area contributed by atoms with Crippen LogP contribution in [-0.2, 0) is 10.0 Å². The summed E-state index contributed by atoms with van der Waals surface area (Å²) in [5, 5.41) is 3.95. The average molecular weight is 616 g/mol. The largest absolute Gasteiger partial charge is 0.492 e. The molecule has 5 rings (SSSR count). The van der Waals surface area contributed by atoms with Crippen molar-refractivity contribution in [1.82, 2.24) is 15.2 Å². The van der Waals surface area contributed by atoms with E-state index in [4.69, 9.17) is 9.72 Å². The molecular weight excluding hydrogens is 582 g/mol. The Labute approximate surface area is 251 Å².